The lowest BCUT2D eigenvalue weighted by atomic mass is 10.1. The number of hydrogen-bond acceptors (Lipinski definition) is 4. The molecule has 1 aliphatic heterocycles. The van der Waals surface area contributed by atoms with E-state index in [1.807, 2.05) is 24.3 Å². The molecule has 0 aliphatic carbocycles. The highest BCUT2D eigenvalue weighted by atomic mass is 16.5. The van der Waals surface area contributed by atoms with E-state index < -0.39 is 12.0 Å². The maximum atomic E-state index is 12.4. The standard InChI is InChI=1S/C15H19NO5/c1-20-13-4-2-3-11(7-13)8-14(17)16-5-6-21-10-12(16)9-15(18)19/h2-4,7,12H,5-6,8-10H2,1H3,(H,18,19). The predicted octanol–water partition coefficient (Wildman–Crippen LogP) is 0.940. The average molecular weight is 293 g/mol. The highest BCUT2D eigenvalue weighted by Gasteiger charge is 2.28. The van der Waals surface area contributed by atoms with Crippen LogP contribution in [0.15, 0.2) is 24.3 Å². The molecule has 0 bridgehead atoms. The molecule has 1 fully saturated rings. The van der Waals surface area contributed by atoms with Crippen LogP contribution in [0.25, 0.3) is 0 Å². The van der Waals surface area contributed by atoms with Gasteiger partial charge < -0.3 is 19.5 Å². The van der Waals surface area contributed by atoms with Gasteiger partial charge in [0.15, 0.2) is 0 Å². The van der Waals surface area contributed by atoms with E-state index in [1.165, 1.54) is 0 Å². The van der Waals surface area contributed by atoms with Gasteiger partial charge in [0.2, 0.25) is 5.91 Å². The van der Waals surface area contributed by atoms with Crippen LogP contribution < -0.4 is 4.74 Å². The molecule has 1 amide bonds. The minimum absolute atomic E-state index is 0.0854. The molecule has 6 nitrogen and oxygen atoms in total. The normalized spacial score (nSPS) is 18.3. The van der Waals surface area contributed by atoms with Crippen molar-refractivity contribution in [3.8, 4) is 5.75 Å². The first kappa shape index (κ1) is 15.3. The summed E-state index contributed by atoms with van der Waals surface area (Å²) >= 11 is 0. The van der Waals surface area contributed by atoms with Crippen molar-refractivity contribution >= 4 is 11.9 Å². The van der Waals surface area contributed by atoms with Gasteiger partial charge in [0.05, 0.1) is 39.2 Å². The van der Waals surface area contributed by atoms with Crippen LogP contribution in [0, 0.1) is 0 Å². The van der Waals surface area contributed by atoms with Crippen LogP contribution in [0.5, 0.6) is 5.75 Å². The molecular weight excluding hydrogens is 274 g/mol. The highest BCUT2D eigenvalue weighted by Crippen LogP contribution is 2.16. The molecule has 0 radical (unpaired) electrons. The van der Waals surface area contributed by atoms with Crippen LogP contribution in [0.2, 0.25) is 0 Å². The molecule has 1 atom stereocenters. The quantitative estimate of drug-likeness (QED) is 0.874. The van der Waals surface area contributed by atoms with Crippen LogP contribution in [-0.4, -0.2) is 54.8 Å². The summed E-state index contributed by atoms with van der Waals surface area (Å²) < 4.78 is 10.4. The second-order valence-electron chi connectivity index (χ2n) is 4.94. The number of nitrogens with zero attached hydrogens (tertiary/aromatic N) is 1. The molecule has 21 heavy (non-hydrogen) atoms. The van der Waals surface area contributed by atoms with Crippen molar-refractivity contribution in [2.24, 2.45) is 0 Å². The number of carbonyl (C=O) groups excluding carboxylic acids is 1. The fourth-order valence-corrected chi connectivity index (χ4v) is 2.41. The second-order valence-corrected chi connectivity index (χ2v) is 4.94. The van der Waals surface area contributed by atoms with Crippen molar-refractivity contribution in [1.29, 1.82) is 0 Å². The van der Waals surface area contributed by atoms with Crippen LogP contribution >= 0.6 is 0 Å². The molecule has 114 valence electrons. The van der Waals surface area contributed by atoms with E-state index in [1.54, 1.807) is 12.0 Å². The molecule has 1 aromatic carbocycles. The summed E-state index contributed by atoms with van der Waals surface area (Å²) in [5.74, 6) is -0.313. The Bertz CT molecular complexity index is 517. The molecule has 6 heteroatoms. The van der Waals surface area contributed by atoms with Gasteiger partial charge in [-0.3, -0.25) is 9.59 Å². The van der Waals surface area contributed by atoms with Crippen molar-refractivity contribution in [2.45, 2.75) is 18.9 Å². The third-order valence-corrected chi connectivity index (χ3v) is 3.45. The van der Waals surface area contributed by atoms with Crippen LogP contribution in [-0.2, 0) is 20.7 Å². The zero-order valence-corrected chi connectivity index (χ0v) is 11.9. The van der Waals surface area contributed by atoms with Crippen LogP contribution in [0.4, 0.5) is 0 Å². The van der Waals surface area contributed by atoms with Gasteiger partial charge in [0.25, 0.3) is 0 Å². The van der Waals surface area contributed by atoms with E-state index in [2.05, 4.69) is 0 Å². The Kier molecular flexibility index (Phi) is 5.16. The number of hydrogen-bond donors (Lipinski definition) is 1. The smallest absolute Gasteiger partial charge is 0.305 e. The number of methoxy groups -OCH3 is 1. The Hall–Kier alpha value is -2.08. The molecule has 1 N–H and O–H groups in total. The fraction of sp³-hybridized carbons (Fsp3) is 0.467. The lowest BCUT2D eigenvalue weighted by molar-refractivity contribution is -0.145. The number of ether oxygens (including phenoxy) is 2. The highest BCUT2D eigenvalue weighted by molar-refractivity contribution is 5.80. The number of carbonyl (C=O) groups is 2. The number of amides is 1. The van der Waals surface area contributed by atoms with E-state index in [-0.39, 0.29) is 25.4 Å². The van der Waals surface area contributed by atoms with E-state index in [9.17, 15) is 9.59 Å². The first-order valence-corrected chi connectivity index (χ1v) is 6.82. The first-order valence-electron chi connectivity index (χ1n) is 6.82. The van der Waals surface area contributed by atoms with Gasteiger partial charge >= 0.3 is 5.97 Å². The topological polar surface area (TPSA) is 76.1 Å². The number of morpholine rings is 1. The number of aliphatic carboxylic acids is 1. The number of carboxylic acid groups (broad SMARTS) is 1. The van der Waals surface area contributed by atoms with Crippen LogP contribution in [0.3, 0.4) is 0 Å². The Morgan fingerprint density at radius 3 is 3.00 bits per heavy atom. The van der Waals surface area contributed by atoms with E-state index in [0.717, 1.165) is 5.56 Å². The minimum Gasteiger partial charge on any atom is -0.497 e. The Morgan fingerprint density at radius 2 is 2.29 bits per heavy atom. The monoisotopic (exact) mass is 293 g/mol. The maximum absolute atomic E-state index is 12.4. The molecule has 1 saturated heterocycles. The van der Waals surface area contributed by atoms with E-state index >= 15 is 0 Å². The van der Waals surface area contributed by atoms with Gasteiger partial charge in [-0.05, 0) is 17.7 Å². The zero-order chi connectivity index (χ0) is 15.2. The van der Waals surface area contributed by atoms with Crippen molar-refractivity contribution in [2.75, 3.05) is 26.9 Å². The molecule has 1 aliphatic rings. The molecule has 0 spiro atoms. The van der Waals surface area contributed by atoms with Crippen molar-refractivity contribution in [3.05, 3.63) is 29.8 Å². The van der Waals surface area contributed by atoms with Gasteiger partial charge in [0, 0.05) is 6.54 Å². The fourth-order valence-electron chi connectivity index (χ4n) is 2.41. The molecule has 1 unspecified atom stereocenters. The summed E-state index contributed by atoms with van der Waals surface area (Å²) in [6.07, 6.45) is 0.136. The zero-order valence-electron chi connectivity index (χ0n) is 11.9. The molecule has 0 saturated carbocycles. The lowest BCUT2D eigenvalue weighted by Gasteiger charge is -2.35. The molecular formula is C15H19NO5. The average Bonchev–Trinajstić information content (AvgIpc) is 2.47. The van der Waals surface area contributed by atoms with E-state index in [0.29, 0.717) is 18.9 Å². The third-order valence-electron chi connectivity index (χ3n) is 3.45. The molecule has 1 aromatic rings. The number of benzene rings is 1. The van der Waals surface area contributed by atoms with Gasteiger partial charge in [-0.2, -0.15) is 0 Å². The Balaban J connectivity index is 2.04. The summed E-state index contributed by atoms with van der Waals surface area (Å²) in [5.41, 5.74) is 0.847. The minimum atomic E-state index is -0.926. The van der Waals surface area contributed by atoms with Crippen molar-refractivity contribution in [3.63, 3.8) is 0 Å². The lowest BCUT2D eigenvalue weighted by Crippen LogP contribution is -2.50. The maximum Gasteiger partial charge on any atom is 0.305 e. The predicted molar refractivity (Wildman–Crippen MR) is 75.3 cm³/mol. The number of carboxylic acids is 1. The number of rotatable bonds is 5. The SMILES string of the molecule is COc1cccc(CC(=O)N2CCOCC2CC(=O)O)c1. The van der Waals surface area contributed by atoms with Crippen molar-refractivity contribution in [1.82, 2.24) is 4.90 Å². The van der Waals surface area contributed by atoms with Crippen LogP contribution in [0.1, 0.15) is 12.0 Å². The third kappa shape index (κ3) is 4.19. The summed E-state index contributed by atoms with van der Waals surface area (Å²) in [4.78, 5) is 24.9. The van der Waals surface area contributed by atoms with Crippen molar-refractivity contribution < 1.29 is 24.2 Å². The van der Waals surface area contributed by atoms with Gasteiger partial charge in [-0.1, -0.05) is 12.1 Å². The Labute approximate surface area is 123 Å². The molecule has 1 heterocycles. The summed E-state index contributed by atoms with van der Waals surface area (Å²) in [5, 5.41) is 8.91. The largest absolute Gasteiger partial charge is 0.497 e. The summed E-state index contributed by atoms with van der Waals surface area (Å²) in [6.45, 7) is 1.15. The second kappa shape index (κ2) is 7.08. The van der Waals surface area contributed by atoms with Gasteiger partial charge in [0.1, 0.15) is 5.75 Å². The van der Waals surface area contributed by atoms with Gasteiger partial charge in [-0.15, -0.1) is 0 Å². The first-order chi connectivity index (χ1) is 10.1. The molecule has 2 rings (SSSR count). The van der Waals surface area contributed by atoms with Gasteiger partial charge in [-0.25, -0.2) is 0 Å². The summed E-state index contributed by atoms with van der Waals surface area (Å²) in [6, 6.07) is 6.91. The Morgan fingerprint density at radius 1 is 1.48 bits per heavy atom. The summed E-state index contributed by atoms with van der Waals surface area (Å²) in [7, 11) is 1.58. The molecule has 0 aromatic heterocycles. The van der Waals surface area contributed by atoms with E-state index in [4.69, 9.17) is 14.6 Å².